The summed E-state index contributed by atoms with van der Waals surface area (Å²) >= 11 is 0. The molecule has 33 heavy (non-hydrogen) atoms. The first-order valence-corrected chi connectivity index (χ1v) is 11.2. The lowest BCUT2D eigenvalue weighted by molar-refractivity contribution is -0.142. The molecule has 0 radical (unpaired) electrons. The molecule has 0 aliphatic carbocycles. The van der Waals surface area contributed by atoms with E-state index in [1.54, 1.807) is 14.0 Å². The maximum atomic E-state index is 12.3. The van der Waals surface area contributed by atoms with Gasteiger partial charge in [0.25, 0.3) is 0 Å². The summed E-state index contributed by atoms with van der Waals surface area (Å²) in [6.45, 7) is 14.4. The number of aromatic nitrogens is 2. The van der Waals surface area contributed by atoms with Gasteiger partial charge in [-0.15, -0.1) is 0 Å². The van der Waals surface area contributed by atoms with E-state index < -0.39 is 17.1 Å². The van der Waals surface area contributed by atoms with Crippen LogP contribution in [0.15, 0.2) is 24.3 Å². The quantitative estimate of drug-likeness (QED) is 0.566. The maximum Gasteiger partial charge on any atom is 0.407 e. The number of alkyl carbamates (subject to hydrolysis) is 1. The van der Waals surface area contributed by atoms with Gasteiger partial charge in [0.15, 0.2) is 0 Å². The lowest BCUT2D eigenvalue weighted by Gasteiger charge is -2.27. The fraction of sp³-hybridized carbons (Fsp3) is 0.560. The summed E-state index contributed by atoms with van der Waals surface area (Å²) in [6.07, 6.45) is -0.416. The molecule has 2 rings (SSSR count). The van der Waals surface area contributed by atoms with Crippen LogP contribution in [-0.2, 0) is 32.6 Å². The predicted molar refractivity (Wildman–Crippen MR) is 127 cm³/mol. The number of carbonyl (C=O) groups is 2. The minimum Gasteiger partial charge on any atom is -0.497 e. The van der Waals surface area contributed by atoms with Crippen LogP contribution in [0, 0.1) is 6.92 Å². The van der Waals surface area contributed by atoms with Gasteiger partial charge >= 0.3 is 12.1 Å². The summed E-state index contributed by atoms with van der Waals surface area (Å²) in [7, 11) is 1.63. The molecule has 8 heteroatoms. The van der Waals surface area contributed by atoms with E-state index in [4.69, 9.17) is 19.3 Å². The molecule has 0 aliphatic rings. The highest BCUT2D eigenvalue weighted by Gasteiger charge is 2.32. The highest BCUT2D eigenvalue weighted by Crippen LogP contribution is 2.30. The fourth-order valence-electron chi connectivity index (χ4n) is 3.71. The Bertz CT molecular complexity index is 956. The number of carbonyl (C=O) groups excluding carboxylic acids is 2. The number of hydrogen-bond acceptors (Lipinski definition) is 6. The van der Waals surface area contributed by atoms with Gasteiger partial charge in [0.1, 0.15) is 11.4 Å². The monoisotopic (exact) mass is 459 g/mol. The molecule has 8 nitrogen and oxygen atoms in total. The van der Waals surface area contributed by atoms with Crippen LogP contribution in [-0.4, -0.2) is 47.7 Å². The summed E-state index contributed by atoms with van der Waals surface area (Å²) in [4.78, 5) is 24.5. The van der Waals surface area contributed by atoms with Gasteiger partial charge in [-0.2, -0.15) is 5.10 Å². The number of methoxy groups -OCH3 is 1. The van der Waals surface area contributed by atoms with Gasteiger partial charge in [-0.25, -0.2) is 4.79 Å². The summed E-state index contributed by atoms with van der Waals surface area (Å²) in [5, 5.41) is 7.62. The van der Waals surface area contributed by atoms with Crippen LogP contribution in [0.5, 0.6) is 5.75 Å². The molecular weight excluding hydrogens is 422 g/mol. The van der Waals surface area contributed by atoms with E-state index in [0.29, 0.717) is 25.4 Å². The third-order valence-electron chi connectivity index (χ3n) is 5.14. The van der Waals surface area contributed by atoms with Crippen molar-refractivity contribution < 1.29 is 23.8 Å². The SMILES string of the molecule is CCOC(=O)Cc1nn(Cc2ccc(OC)cc2)c(C)c1C(C)(C)CNC(=O)OC(C)(C)C. The van der Waals surface area contributed by atoms with Gasteiger partial charge < -0.3 is 19.5 Å². The first-order valence-electron chi connectivity index (χ1n) is 11.2. The Morgan fingerprint density at radius 1 is 1.09 bits per heavy atom. The van der Waals surface area contributed by atoms with E-state index in [1.165, 1.54) is 0 Å². The van der Waals surface area contributed by atoms with Crippen LogP contribution >= 0.6 is 0 Å². The Hall–Kier alpha value is -3.03. The van der Waals surface area contributed by atoms with Crippen LogP contribution in [0.4, 0.5) is 4.79 Å². The standard InChI is InChI=1S/C25H37N3O5/c1-9-32-21(29)14-20-22(25(6,7)16-26-23(30)33-24(3,4)5)17(2)28(27-20)15-18-10-12-19(31-8)13-11-18/h10-13H,9,14-16H2,1-8H3,(H,26,30). The van der Waals surface area contributed by atoms with Crippen LogP contribution in [0.1, 0.15) is 64.1 Å². The Morgan fingerprint density at radius 2 is 1.73 bits per heavy atom. The van der Waals surface area contributed by atoms with Gasteiger partial charge in [-0.3, -0.25) is 9.48 Å². The molecule has 2 aromatic rings. The van der Waals surface area contributed by atoms with Crippen LogP contribution in [0.2, 0.25) is 0 Å². The number of nitrogens with zero attached hydrogens (tertiary/aromatic N) is 2. The van der Waals surface area contributed by atoms with Gasteiger partial charge in [0.2, 0.25) is 0 Å². The summed E-state index contributed by atoms with van der Waals surface area (Å²) in [5.41, 5.74) is 2.47. The highest BCUT2D eigenvalue weighted by molar-refractivity contribution is 5.73. The van der Waals surface area contributed by atoms with Crippen molar-refractivity contribution in [3.05, 3.63) is 46.8 Å². The lowest BCUT2D eigenvalue weighted by Crippen LogP contribution is -2.40. The topological polar surface area (TPSA) is 91.7 Å². The smallest absolute Gasteiger partial charge is 0.407 e. The molecule has 0 bridgehead atoms. The first kappa shape index (κ1) is 26.2. The second-order valence-corrected chi connectivity index (χ2v) is 9.63. The number of amides is 1. The second-order valence-electron chi connectivity index (χ2n) is 9.63. The molecule has 1 heterocycles. The van der Waals surface area contributed by atoms with Crippen molar-refractivity contribution in [2.45, 2.75) is 72.4 Å². The molecule has 0 fully saturated rings. The van der Waals surface area contributed by atoms with Crippen molar-refractivity contribution in [2.75, 3.05) is 20.3 Å². The minimum atomic E-state index is -0.581. The lowest BCUT2D eigenvalue weighted by atomic mass is 9.82. The first-order chi connectivity index (χ1) is 15.4. The van der Waals surface area contributed by atoms with E-state index in [9.17, 15) is 9.59 Å². The van der Waals surface area contributed by atoms with E-state index in [1.807, 2.05) is 70.5 Å². The number of hydrogen-bond donors (Lipinski definition) is 1. The average Bonchev–Trinajstić information content (AvgIpc) is 3.01. The number of benzene rings is 1. The molecule has 0 spiro atoms. The summed E-state index contributed by atoms with van der Waals surface area (Å²) in [5.74, 6) is 0.456. The van der Waals surface area contributed by atoms with Crippen LogP contribution < -0.4 is 10.1 Å². The van der Waals surface area contributed by atoms with Crippen molar-refractivity contribution >= 4 is 12.1 Å². The number of esters is 1. The zero-order valence-corrected chi connectivity index (χ0v) is 21.1. The van der Waals surface area contributed by atoms with Crippen molar-refractivity contribution in [1.82, 2.24) is 15.1 Å². The van der Waals surface area contributed by atoms with Crippen molar-refractivity contribution in [1.29, 1.82) is 0 Å². The highest BCUT2D eigenvalue weighted by atomic mass is 16.6. The second kappa shape index (κ2) is 10.7. The Kier molecular flexibility index (Phi) is 8.52. The van der Waals surface area contributed by atoms with Gasteiger partial charge in [0, 0.05) is 23.2 Å². The number of rotatable bonds is 9. The molecule has 0 saturated carbocycles. The zero-order valence-electron chi connectivity index (χ0n) is 21.1. The van der Waals surface area contributed by atoms with E-state index in [0.717, 1.165) is 22.6 Å². The Labute approximate surface area is 196 Å². The van der Waals surface area contributed by atoms with Crippen molar-refractivity contribution in [3.8, 4) is 5.75 Å². The minimum absolute atomic E-state index is 0.0650. The molecule has 182 valence electrons. The van der Waals surface area contributed by atoms with Gasteiger partial charge in [0.05, 0.1) is 32.4 Å². The van der Waals surface area contributed by atoms with Crippen molar-refractivity contribution in [2.24, 2.45) is 0 Å². The van der Waals surface area contributed by atoms with Crippen LogP contribution in [0.3, 0.4) is 0 Å². The zero-order chi connectivity index (χ0) is 24.8. The van der Waals surface area contributed by atoms with Crippen molar-refractivity contribution in [3.63, 3.8) is 0 Å². The summed E-state index contributed by atoms with van der Waals surface area (Å²) < 4.78 is 17.7. The third-order valence-corrected chi connectivity index (χ3v) is 5.14. The molecule has 0 atom stereocenters. The maximum absolute atomic E-state index is 12.3. The molecule has 1 amide bonds. The van der Waals surface area contributed by atoms with E-state index >= 15 is 0 Å². The fourth-order valence-corrected chi connectivity index (χ4v) is 3.71. The van der Waals surface area contributed by atoms with E-state index in [-0.39, 0.29) is 12.4 Å². The number of ether oxygens (including phenoxy) is 3. The predicted octanol–water partition coefficient (Wildman–Crippen LogP) is 4.16. The Balaban J connectivity index is 2.34. The average molecular weight is 460 g/mol. The largest absolute Gasteiger partial charge is 0.497 e. The van der Waals surface area contributed by atoms with Gasteiger partial charge in [-0.05, 0) is 52.3 Å². The van der Waals surface area contributed by atoms with Gasteiger partial charge in [-0.1, -0.05) is 26.0 Å². The third kappa shape index (κ3) is 7.51. The summed E-state index contributed by atoms with van der Waals surface area (Å²) in [6, 6.07) is 7.78. The number of nitrogens with one attached hydrogen (secondary N) is 1. The van der Waals surface area contributed by atoms with Crippen LogP contribution in [0.25, 0.3) is 0 Å². The molecule has 0 aliphatic heterocycles. The molecule has 1 N–H and O–H groups in total. The molecular formula is C25H37N3O5. The molecule has 0 unspecified atom stereocenters. The molecule has 1 aromatic carbocycles. The Morgan fingerprint density at radius 3 is 2.27 bits per heavy atom. The normalized spacial score (nSPS) is 11.8. The van der Waals surface area contributed by atoms with E-state index in [2.05, 4.69) is 5.32 Å². The molecule has 0 saturated heterocycles. The molecule has 1 aromatic heterocycles.